The van der Waals surface area contributed by atoms with Gasteiger partial charge in [-0.3, -0.25) is 4.79 Å². The fraction of sp³-hybridized carbons (Fsp3) is 0.273. The third-order valence-corrected chi connectivity index (χ3v) is 6.59. The smallest absolute Gasteiger partial charge is 0.271 e. The molecule has 8 heteroatoms. The van der Waals surface area contributed by atoms with Gasteiger partial charge in [0.05, 0.1) is 22.0 Å². The molecule has 1 aliphatic rings. The van der Waals surface area contributed by atoms with E-state index in [2.05, 4.69) is 5.10 Å². The van der Waals surface area contributed by atoms with E-state index in [-0.39, 0.29) is 22.3 Å². The van der Waals surface area contributed by atoms with E-state index in [9.17, 15) is 13.2 Å². The van der Waals surface area contributed by atoms with E-state index in [1.807, 2.05) is 25.9 Å². The molecule has 2 heterocycles. The number of fused-ring (bicyclic) bond motifs is 3. The summed E-state index contributed by atoms with van der Waals surface area (Å²) in [5, 5.41) is 4.51. The van der Waals surface area contributed by atoms with Crippen LogP contribution in [0.5, 0.6) is 5.75 Å². The first-order chi connectivity index (χ1) is 14.2. The van der Waals surface area contributed by atoms with Crippen LogP contribution in [0.15, 0.2) is 64.3 Å². The van der Waals surface area contributed by atoms with Gasteiger partial charge in [-0.1, -0.05) is 18.2 Å². The minimum atomic E-state index is -3.48. The molecule has 0 saturated heterocycles. The lowest BCUT2D eigenvalue weighted by Crippen LogP contribution is -2.28. The van der Waals surface area contributed by atoms with Gasteiger partial charge in [0.2, 0.25) is 0 Å². The minimum absolute atomic E-state index is 0.0221. The molecule has 0 aliphatic carbocycles. The maximum absolute atomic E-state index is 12.7. The predicted octanol–water partition coefficient (Wildman–Crippen LogP) is 2.52. The molecule has 0 radical (unpaired) electrons. The maximum Gasteiger partial charge on any atom is 0.271 e. The fourth-order valence-electron chi connectivity index (χ4n) is 3.68. The molecule has 2 aromatic carbocycles. The summed E-state index contributed by atoms with van der Waals surface area (Å²) in [5.41, 5.74) is 1.66. The van der Waals surface area contributed by atoms with Crippen LogP contribution in [0.25, 0.3) is 16.9 Å². The Morgan fingerprint density at radius 2 is 1.83 bits per heavy atom. The molecule has 1 unspecified atom stereocenters. The second-order valence-corrected chi connectivity index (χ2v) is 9.67. The molecule has 0 saturated carbocycles. The number of likely N-dealkylation sites (N-methyl/N-ethyl adjacent to an activating group) is 1. The molecular weight excluding hydrogens is 402 g/mol. The van der Waals surface area contributed by atoms with Crippen molar-refractivity contribution >= 4 is 9.84 Å². The van der Waals surface area contributed by atoms with Crippen molar-refractivity contribution in [3.63, 3.8) is 0 Å². The third-order valence-electron chi connectivity index (χ3n) is 4.87. The van der Waals surface area contributed by atoms with Gasteiger partial charge in [0, 0.05) is 23.7 Å². The molecule has 3 aromatic rings. The molecule has 7 nitrogen and oxygen atoms in total. The van der Waals surface area contributed by atoms with Crippen LogP contribution in [0.3, 0.4) is 0 Å². The van der Waals surface area contributed by atoms with E-state index in [4.69, 9.17) is 4.74 Å². The van der Waals surface area contributed by atoms with Gasteiger partial charge in [-0.05, 0) is 51.4 Å². The highest BCUT2D eigenvalue weighted by Crippen LogP contribution is 2.35. The summed E-state index contributed by atoms with van der Waals surface area (Å²) in [6, 6.07) is 15.2. The first-order valence-electron chi connectivity index (χ1n) is 9.62. The van der Waals surface area contributed by atoms with Crippen LogP contribution in [-0.4, -0.2) is 49.8 Å². The molecular formula is C22H23N3O4S. The first kappa shape index (κ1) is 20.3. The zero-order valence-corrected chi connectivity index (χ0v) is 17.9. The predicted molar refractivity (Wildman–Crippen MR) is 115 cm³/mol. The Labute approximate surface area is 175 Å². The highest BCUT2D eigenvalue weighted by molar-refractivity contribution is 7.90. The summed E-state index contributed by atoms with van der Waals surface area (Å²) in [4.78, 5) is 15.0. The van der Waals surface area contributed by atoms with Crippen molar-refractivity contribution in [1.82, 2.24) is 14.7 Å². The normalized spacial score (nSPS) is 15.3. The van der Waals surface area contributed by atoms with Gasteiger partial charge in [-0.25, -0.2) is 8.42 Å². The number of aromatic nitrogens is 2. The Bertz CT molecular complexity index is 1250. The van der Waals surface area contributed by atoms with Crippen molar-refractivity contribution < 1.29 is 13.2 Å². The second kappa shape index (κ2) is 7.70. The average molecular weight is 426 g/mol. The zero-order valence-electron chi connectivity index (χ0n) is 17.1. The van der Waals surface area contributed by atoms with E-state index in [0.29, 0.717) is 28.3 Å². The quantitative estimate of drug-likeness (QED) is 0.625. The highest BCUT2D eigenvalue weighted by Gasteiger charge is 2.29. The van der Waals surface area contributed by atoms with Crippen molar-refractivity contribution in [2.75, 3.05) is 20.6 Å². The Hall–Kier alpha value is -2.97. The summed E-state index contributed by atoms with van der Waals surface area (Å²) >= 11 is 0. The van der Waals surface area contributed by atoms with E-state index in [0.717, 1.165) is 6.54 Å². The van der Waals surface area contributed by atoms with E-state index >= 15 is 0 Å². The third kappa shape index (κ3) is 3.88. The van der Waals surface area contributed by atoms with Crippen LogP contribution in [0, 0.1) is 0 Å². The van der Waals surface area contributed by atoms with Crippen LogP contribution < -0.4 is 10.3 Å². The molecule has 0 amide bonds. The molecule has 30 heavy (non-hydrogen) atoms. The van der Waals surface area contributed by atoms with Gasteiger partial charge in [0.15, 0.2) is 9.84 Å². The van der Waals surface area contributed by atoms with Crippen molar-refractivity contribution in [2.45, 2.75) is 23.7 Å². The second-order valence-electron chi connectivity index (χ2n) is 7.71. The first-order valence-corrected chi connectivity index (χ1v) is 11.3. The summed E-state index contributed by atoms with van der Waals surface area (Å²) in [6.45, 7) is 2.78. The van der Waals surface area contributed by atoms with Crippen LogP contribution in [-0.2, 0) is 15.6 Å². The number of benzene rings is 2. The summed E-state index contributed by atoms with van der Waals surface area (Å²) in [6.07, 6.45) is 0.0221. The molecule has 0 spiro atoms. The van der Waals surface area contributed by atoms with Crippen LogP contribution >= 0.6 is 0 Å². The van der Waals surface area contributed by atoms with Crippen molar-refractivity contribution in [3.05, 3.63) is 70.5 Å². The fourth-order valence-corrected chi connectivity index (χ4v) is 5.25. The highest BCUT2D eigenvalue weighted by atomic mass is 32.2. The van der Waals surface area contributed by atoms with Crippen LogP contribution in [0.4, 0.5) is 0 Å². The van der Waals surface area contributed by atoms with Gasteiger partial charge in [-0.2, -0.15) is 9.78 Å². The molecule has 4 rings (SSSR count). The average Bonchev–Trinajstić information content (AvgIpc) is 2.67. The largest absolute Gasteiger partial charge is 0.489 e. The van der Waals surface area contributed by atoms with Gasteiger partial charge in [0.1, 0.15) is 11.9 Å². The van der Waals surface area contributed by atoms with Crippen LogP contribution in [0.1, 0.15) is 12.5 Å². The van der Waals surface area contributed by atoms with Crippen molar-refractivity contribution in [2.24, 2.45) is 0 Å². The monoisotopic (exact) mass is 425 g/mol. The number of nitrogens with zero attached hydrogens (tertiary/aromatic N) is 3. The Kier molecular flexibility index (Phi) is 5.21. The lowest BCUT2D eigenvalue weighted by Gasteiger charge is -2.20. The van der Waals surface area contributed by atoms with Gasteiger partial charge in [0.25, 0.3) is 5.56 Å². The summed E-state index contributed by atoms with van der Waals surface area (Å²) < 4.78 is 32.3. The number of rotatable bonds is 5. The Morgan fingerprint density at radius 3 is 2.53 bits per heavy atom. The van der Waals surface area contributed by atoms with Crippen molar-refractivity contribution in [3.8, 4) is 22.7 Å². The number of sulfone groups is 1. The SMILES string of the molecule is CC(CN(C)C)Oc1ccc(-n2nc3c(cc2=O)CS(=O)(=O)c2ccccc2-3)cc1. The molecule has 0 N–H and O–H groups in total. The van der Waals surface area contributed by atoms with Gasteiger partial charge in [-0.15, -0.1) is 0 Å². The number of hydrogen-bond donors (Lipinski definition) is 0. The summed E-state index contributed by atoms with van der Waals surface area (Å²) in [5.74, 6) is 0.481. The molecule has 0 fully saturated rings. The standard InChI is InChI=1S/C22H23N3O4S/c1-15(13-24(2)3)29-18-10-8-17(9-11-18)25-21(26)12-16-14-30(27,28)20-7-5-4-6-19(20)22(16)23-25/h4-12,15H,13-14H2,1-3H3. The van der Waals surface area contributed by atoms with Crippen molar-refractivity contribution in [1.29, 1.82) is 0 Å². The lowest BCUT2D eigenvalue weighted by atomic mass is 10.1. The Morgan fingerprint density at radius 1 is 1.13 bits per heavy atom. The van der Waals surface area contributed by atoms with Crippen LogP contribution in [0.2, 0.25) is 0 Å². The lowest BCUT2D eigenvalue weighted by molar-refractivity contribution is 0.177. The molecule has 1 atom stereocenters. The zero-order chi connectivity index (χ0) is 21.5. The molecule has 1 aliphatic heterocycles. The Balaban J connectivity index is 1.70. The molecule has 156 valence electrons. The number of ether oxygens (including phenoxy) is 1. The van der Waals surface area contributed by atoms with E-state index < -0.39 is 9.84 Å². The van der Waals surface area contributed by atoms with E-state index in [1.165, 1.54) is 10.7 Å². The maximum atomic E-state index is 12.7. The minimum Gasteiger partial charge on any atom is -0.489 e. The van der Waals surface area contributed by atoms with Gasteiger partial charge < -0.3 is 9.64 Å². The molecule has 0 bridgehead atoms. The van der Waals surface area contributed by atoms with Gasteiger partial charge >= 0.3 is 0 Å². The molecule has 1 aromatic heterocycles. The van der Waals surface area contributed by atoms with E-state index in [1.54, 1.807) is 48.5 Å². The number of hydrogen-bond acceptors (Lipinski definition) is 6. The summed E-state index contributed by atoms with van der Waals surface area (Å²) in [7, 11) is 0.489. The topological polar surface area (TPSA) is 81.5 Å².